The van der Waals surface area contributed by atoms with Crippen LogP contribution in [0.25, 0.3) is 0 Å². The molecular weight excluding hydrogens is 1030 g/mol. The Labute approximate surface area is 527 Å². The summed E-state index contributed by atoms with van der Waals surface area (Å²) in [6, 6.07) is -0.540. The molecule has 1 amide bonds. The van der Waals surface area contributed by atoms with Gasteiger partial charge in [-0.05, 0) is 51.4 Å². The lowest BCUT2D eigenvalue weighted by Gasteiger charge is -2.22. The van der Waals surface area contributed by atoms with Gasteiger partial charge in [0, 0.05) is 12.8 Å². The smallest absolute Gasteiger partial charge is 0.305 e. The lowest BCUT2D eigenvalue weighted by molar-refractivity contribution is -0.143. The van der Waals surface area contributed by atoms with Crippen molar-refractivity contribution in [2.24, 2.45) is 0 Å². The molecule has 2 unspecified atom stereocenters. The van der Waals surface area contributed by atoms with Gasteiger partial charge in [-0.1, -0.05) is 398 Å². The first-order valence-corrected chi connectivity index (χ1v) is 38.9. The number of hydrogen-bond acceptors (Lipinski definition) is 5. The van der Waals surface area contributed by atoms with Gasteiger partial charge in [0.1, 0.15) is 0 Å². The van der Waals surface area contributed by atoms with Crippen molar-refractivity contribution >= 4 is 11.9 Å². The standard InChI is InChI=1S/C78H153NO5/c1-3-5-7-9-11-13-15-17-19-21-22-23-30-33-36-39-42-46-50-54-58-62-66-70-76(81)75(74-80)79-77(82)71-67-63-59-55-51-47-43-40-37-34-31-28-26-24-25-27-29-32-35-38-41-45-49-53-57-61-65-69-73-84-78(83)72-68-64-60-56-52-48-44-20-18-16-14-12-10-8-6-4-2/h20,44,75-76,80-81H,3-19,21-43,45-74H2,1-2H3,(H,79,82)/b44-20-. The second-order valence-corrected chi connectivity index (χ2v) is 27.0. The van der Waals surface area contributed by atoms with Gasteiger partial charge in [0.2, 0.25) is 5.91 Å². The maximum atomic E-state index is 12.6. The Bertz CT molecular complexity index is 1270. The van der Waals surface area contributed by atoms with E-state index in [0.29, 0.717) is 25.9 Å². The number of carbonyl (C=O) groups is 2. The number of ether oxygens (including phenoxy) is 1. The molecule has 0 bridgehead atoms. The van der Waals surface area contributed by atoms with Gasteiger partial charge in [0.15, 0.2) is 0 Å². The van der Waals surface area contributed by atoms with Crippen LogP contribution in [-0.2, 0) is 14.3 Å². The maximum Gasteiger partial charge on any atom is 0.305 e. The minimum absolute atomic E-state index is 0.0128. The highest BCUT2D eigenvalue weighted by Gasteiger charge is 2.20. The van der Waals surface area contributed by atoms with Crippen LogP contribution >= 0.6 is 0 Å². The number of allylic oxidation sites excluding steroid dienone is 2. The highest BCUT2D eigenvalue weighted by Crippen LogP contribution is 2.20. The van der Waals surface area contributed by atoms with E-state index in [9.17, 15) is 19.8 Å². The van der Waals surface area contributed by atoms with E-state index < -0.39 is 12.1 Å². The van der Waals surface area contributed by atoms with Gasteiger partial charge in [-0.15, -0.1) is 0 Å². The number of amides is 1. The third kappa shape index (κ3) is 69.7. The number of unbranched alkanes of at least 4 members (excludes halogenated alkanes) is 61. The first kappa shape index (κ1) is 82.6. The second kappa shape index (κ2) is 74.1. The molecule has 0 aliphatic carbocycles. The van der Waals surface area contributed by atoms with E-state index in [4.69, 9.17) is 4.74 Å². The van der Waals surface area contributed by atoms with Crippen LogP contribution in [0.4, 0.5) is 0 Å². The highest BCUT2D eigenvalue weighted by atomic mass is 16.5. The van der Waals surface area contributed by atoms with Crippen molar-refractivity contribution in [1.82, 2.24) is 5.32 Å². The average molecular weight is 1190 g/mol. The Balaban J connectivity index is 3.34. The quantitative estimate of drug-likeness (QED) is 0.0320. The molecule has 2 atom stereocenters. The van der Waals surface area contributed by atoms with Crippen molar-refractivity contribution in [1.29, 1.82) is 0 Å². The molecule has 0 heterocycles. The number of aliphatic hydroxyl groups is 2. The second-order valence-electron chi connectivity index (χ2n) is 27.0. The fourth-order valence-electron chi connectivity index (χ4n) is 12.6. The monoisotopic (exact) mass is 1180 g/mol. The van der Waals surface area contributed by atoms with Crippen LogP contribution in [0.2, 0.25) is 0 Å². The van der Waals surface area contributed by atoms with Crippen molar-refractivity contribution in [3.05, 3.63) is 12.2 Å². The summed E-state index contributed by atoms with van der Waals surface area (Å²) in [6.45, 7) is 5.00. The topological polar surface area (TPSA) is 95.9 Å². The number of aliphatic hydroxyl groups excluding tert-OH is 2. The molecule has 0 saturated heterocycles. The zero-order valence-corrected chi connectivity index (χ0v) is 57.4. The molecule has 0 aromatic carbocycles. The summed E-state index contributed by atoms with van der Waals surface area (Å²) in [4.78, 5) is 24.7. The van der Waals surface area contributed by atoms with Crippen LogP contribution in [0.1, 0.15) is 450 Å². The van der Waals surface area contributed by atoms with Crippen LogP contribution in [0.3, 0.4) is 0 Å². The van der Waals surface area contributed by atoms with E-state index in [2.05, 4.69) is 31.3 Å². The molecule has 0 aliphatic rings. The largest absolute Gasteiger partial charge is 0.466 e. The highest BCUT2D eigenvalue weighted by molar-refractivity contribution is 5.76. The molecule has 500 valence electrons. The van der Waals surface area contributed by atoms with Crippen molar-refractivity contribution in [2.75, 3.05) is 13.2 Å². The molecule has 0 radical (unpaired) electrons. The Morgan fingerprint density at radius 2 is 0.560 bits per heavy atom. The van der Waals surface area contributed by atoms with E-state index in [1.165, 1.54) is 372 Å². The predicted octanol–water partition coefficient (Wildman–Crippen LogP) is 25.5. The summed E-state index contributed by atoms with van der Waals surface area (Å²) in [6.07, 6.45) is 92.9. The Hall–Kier alpha value is -1.40. The molecule has 0 aromatic heterocycles. The summed E-state index contributed by atoms with van der Waals surface area (Å²) < 4.78 is 5.50. The Kier molecular flexibility index (Phi) is 72.8. The SMILES string of the molecule is CCCCCCCCC/C=C\CCCCCCCC(=O)OCCCCCCCCCCCCCCCCCCCCCCCCCCCCCCC(=O)NC(CO)C(O)CCCCCCCCCCCCCCCCCCCCCCCCC. The summed E-state index contributed by atoms with van der Waals surface area (Å²) >= 11 is 0. The van der Waals surface area contributed by atoms with E-state index in [1.54, 1.807) is 0 Å². The van der Waals surface area contributed by atoms with Crippen LogP contribution in [0.5, 0.6) is 0 Å². The van der Waals surface area contributed by atoms with Crippen LogP contribution < -0.4 is 5.32 Å². The number of hydrogen-bond donors (Lipinski definition) is 3. The summed E-state index contributed by atoms with van der Waals surface area (Å²) in [7, 11) is 0. The van der Waals surface area contributed by atoms with Crippen molar-refractivity contribution < 1.29 is 24.5 Å². The van der Waals surface area contributed by atoms with E-state index >= 15 is 0 Å². The van der Waals surface area contributed by atoms with Crippen molar-refractivity contribution in [2.45, 2.75) is 463 Å². The van der Waals surface area contributed by atoms with E-state index in [1.807, 2.05) is 0 Å². The van der Waals surface area contributed by atoms with Crippen molar-refractivity contribution in [3.63, 3.8) is 0 Å². The van der Waals surface area contributed by atoms with E-state index in [-0.39, 0.29) is 18.5 Å². The number of rotatable bonds is 74. The molecule has 0 fully saturated rings. The third-order valence-electron chi connectivity index (χ3n) is 18.6. The van der Waals surface area contributed by atoms with Gasteiger partial charge in [-0.3, -0.25) is 9.59 Å². The molecule has 3 N–H and O–H groups in total. The molecule has 0 spiro atoms. The van der Waals surface area contributed by atoms with Gasteiger partial charge in [0.05, 0.1) is 25.4 Å². The normalized spacial score (nSPS) is 12.5. The first-order chi connectivity index (χ1) is 41.5. The van der Waals surface area contributed by atoms with E-state index in [0.717, 1.165) is 44.9 Å². The maximum absolute atomic E-state index is 12.6. The Morgan fingerprint density at radius 3 is 0.845 bits per heavy atom. The number of esters is 1. The average Bonchev–Trinajstić information content (AvgIpc) is 3.53. The molecule has 0 saturated carbocycles. The number of carbonyl (C=O) groups excluding carboxylic acids is 2. The van der Waals surface area contributed by atoms with Gasteiger partial charge < -0.3 is 20.3 Å². The lowest BCUT2D eigenvalue weighted by atomic mass is 10.0. The molecule has 6 heteroatoms. The summed E-state index contributed by atoms with van der Waals surface area (Å²) in [5, 5.41) is 23.5. The van der Waals surface area contributed by atoms with Gasteiger partial charge in [0.25, 0.3) is 0 Å². The molecule has 84 heavy (non-hydrogen) atoms. The first-order valence-electron chi connectivity index (χ1n) is 38.9. The molecule has 0 rings (SSSR count). The Morgan fingerprint density at radius 1 is 0.321 bits per heavy atom. The number of nitrogens with one attached hydrogen (secondary N) is 1. The lowest BCUT2D eigenvalue weighted by Crippen LogP contribution is -2.45. The zero-order valence-electron chi connectivity index (χ0n) is 57.4. The van der Waals surface area contributed by atoms with Gasteiger partial charge >= 0.3 is 5.97 Å². The fraction of sp³-hybridized carbons (Fsp3) is 0.949. The molecule has 6 nitrogen and oxygen atoms in total. The van der Waals surface area contributed by atoms with Crippen LogP contribution in [0, 0.1) is 0 Å². The minimum atomic E-state index is -0.663. The molecule has 0 aliphatic heterocycles. The summed E-state index contributed by atoms with van der Waals surface area (Å²) in [5.41, 5.74) is 0. The van der Waals surface area contributed by atoms with Gasteiger partial charge in [-0.25, -0.2) is 0 Å². The predicted molar refractivity (Wildman–Crippen MR) is 370 cm³/mol. The zero-order chi connectivity index (χ0) is 60.6. The molecule has 0 aromatic rings. The van der Waals surface area contributed by atoms with Gasteiger partial charge in [-0.2, -0.15) is 0 Å². The minimum Gasteiger partial charge on any atom is -0.466 e. The third-order valence-corrected chi connectivity index (χ3v) is 18.6. The van der Waals surface area contributed by atoms with Crippen LogP contribution in [-0.4, -0.2) is 47.4 Å². The van der Waals surface area contributed by atoms with Crippen LogP contribution in [0.15, 0.2) is 12.2 Å². The molecular formula is C78H153NO5. The van der Waals surface area contributed by atoms with Crippen molar-refractivity contribution in [3.8, 4) is 0 Å². The summed E-state index contributed by atoms with van der Waals surface area (Å²) in [5.74, 6) is -0.0132. The fourth-order valence-corrected chi connectivity index (χ4v) is 12.6.